The number of hydrogen-bond donors (Lipinski definition) is 2. The quantitative estimate of drug-likeness (QED) is 0.446. The van der Waals surface area contributed by atoms with Gasteiger partial charge in [0.1, 0.15) is 0 Å². The summed E-state index contributed by atoms with van der Waals surface area (Å²) in [5.41, 5.74) is 0.370. The van der Waals surface area contributed by atoms with Crippen molar-refractivity contribution in [3.63, 3.8) is 0 Å². The van der Waals surface area contributed by atoms with Crippen LogP contribution in [0.4, 0.5) is 23.9 Å². The lowest BCUT2D eigenvalue weighted by Gasteiger charge is -2.32. The second-order valence-electron chi connectivity index (χ2n) is 8.87. The summed E-state index contributed by atoms with van der Waals surface area (Å²) in [6, 6.07) is 9.19. The van der Waals surface area contributed by atoms with Gasteiger partial charge in [0.2, 0.25) is 5.95 Å². The van der Waals surface area contributed by atoms with Crippen molar-refractivity contribution < 1.29 is 24.2 Å². The summed E-state index contributed by atoms with van der Waals surface area (Å²) in [4.78, 5) is 38.7. The normalized spacial score (nSPS) is 18.1. The molecule has 0 aliphatic carbocycles. The third-order valence-electron chi connectivity index (χ3n) is 6.31. The standard InChI is InChI=1S/C25H23F3N6O2S.H2/c26-25(27,28)19-3-1-2-16-4-5-18(31-21(16)19)14-29-13-15-7-10-34(11-8-15)23-30-9-6-17(32-23)12-20-22(35)33-24(36)37-20;/h1-6,9,12,15,29H,7-8,10-11,13-14H2,(H,33,35,36);1H/b20-12-;. The number of aromatic nitrogens is 3. The molecule has 12 heteroatoms. The fraction of sp³-hybridized carbons (Fsp3) is 0.320. The molecule has 4 heterocycles. The van der Waals surface area contributed by atoms with Gasteiger partial charge in [-0.3, -0.25) is 19.9 Å². The maximum absolute atomic E-state index is 13.3. The Morgan fingerprint density at radius 1 is 1.14 bits per heavy atom. The summed E-state index contributed by atoms with van der Waals surface area (Å²) >= 11 is 0.844. The van der Waals surface area contributed by atoms with Crippen molar-refractivity contribution in [2.75, 3.05) is 24.5 Å². The molecule has 0 saturated carbocycles. The SMILES string of the molecule is O=C1NC(=O)/C(=C/c2ccnc(N3CCC(CNCc4ccc5cccc(C(F)(F)F)c5n4)CC3)n2)S1.[HH]. The van der Waals surface area contributed by atoms with Crippen molar-refractivity contribution in [3.05, 3.63) is 64.5 Å². The molecule has 3 aromatic rings. The molecule has 2 aliphatic rings. The number of thioether (sulfide) groups is 1. The number of halogens is 3. The number of nitrogens with zero attached hydrogens (tertiary/aromatic N) is 4. The Hall–Kier alpha value is -3.51. The van der Waals surface area contributed by atoms with E-state index in [9.17, 15) is 22.8 Å². The van der Waals surface area contributed by atoms with E-state index in [0.717, 1.165) is 50.3 Å². The lowest BCUT2D eigenvalue weighted by atomic mass is 9.97. The van der Waals surface area contributed by atoms with Crippen molar-refractivity contribution in [2.24, 2.45) is 5.92 Å². The first-order valence-corrected chi connectivity index (χ1v) is 12.6. The van der Waals surface area contributed by atoms with Gasteiger partial charge in [0.15, 0.2) is 0 Å². The first-order chi connectivity index (χ1) is 17.8. The van der Waals surface area contributed by atoms with E-state index >= 15 is 0 Å². The molecule has 2 aliphatic heterocycles. The van der Waals surface area contributed by atoms with Crippen molar-refractivity contribution in [1.29, 1.82) is 0 Å². The number of para-hydroxylation sites is 1. The van der Waals surface area contributed by atoms with Gasteiger partial charge in [0.05, 0.1) is 27.4 Å². The zero-order chi connectivity index (χ0) is 26.0. The fourth-order valence-electron chi connectivity index (χ4n) is 4.41. The average Bonchev–Trinajstić information content (AvgIpc) is 3.19. The highest BCUT2D eigenvalue weighted by atomic mass is 32.2. The van der Waals surface area contributed by atoms with Gasteiger partial charge in [-0.25, -0.2) is 9.97 Å². The molecule has 2 saturated heterocycles. The van der Waals surface area contributed by atoms with Gasteiger partial charge in [-0.05, 0) is 61.3 Å². The van der Waals surface area contributed by atoms with Gasteiger partial charge >= 0.3 is 6.18 Å². The minimum Gasteiger partial charge on any atom is -0.341 e. The summed E-state index contributed by atoms with van der Waals surface area (Å²) in [5, 5.41) is 5.62. The van der Waals surface area contributed by atoms with Gasteiger partial charge in [-0.1, -0.05) is 18.2 Å². The molecule has 2 aromatic heterocycles. The average molecular weight is 531 g/mol. The van der Waals surface area contributed by atoms with Crippen molar-refractivity contribution in [1.82, 2.24) is 25.6 Å². The number of alkyl halides is 3. The molecule has 0 bridgehead atoms. The van der Waals surface area contributed by atoms with E-state index in [1.54, 1.807) is 36.5 Å². The van der Waals surface area contributed by atoms with E-state index < -0.39 is 22.9 Å². The largest absolute Gasteiger partial charge is 0.418 e. The first-order valence-electron chi connectivity index (χ1n) is 11.8. The summed E-state index contributed by atoms with van der Waals surface area (Å²) < 4.78 is 40.0. The summed E-state index contributed by atoms with van der Waals surface area (Å²) in [5.74, 6) is 0.539. The number of amides is 2. The fourth-order valence-corrected chi connectivity index (χ4v) is 5.07. The Bertz CT molecular complexity index is 1380. The Balaban J connectivity index is 0.00000336. The highest BCUT2D eigenvalue weighted by Gasteiger charge is 2.33. The number of nitrogens with one attached hydrogen (secondary N) is 2. The number of carbonyl (C=O) groups is 2. The molecule has 194 valence electrons. The molecule has 0 spiro atoms. The monoisotopic (exact) mass is 530 g/mol. The molecule has 0 unspecified atom stereocenters. The second-order valence-corrected chi connectivity index (χ2v) is 9.89. The van der Waals surface area contributed by atoms with E-state index in [1.807, 2.05) is 0 Å². The zero-order valence-corrected chi connectivity index (χ0v) is 20.4. The van der Waals surface area contributed by atoms with E-state index in [-0.39, 0.29) is 6.94 Å². The van der Waals surface area contributed by atoms with Crippen LogP contribution in [0.25, 0.3) is 17.0 Å². The summed E-state index contributed by atoms with van der Waals surface area (Å²) in [6.07, 6.45) is 0.555. The van der Waals surface area contributed by atoms with Crippen LogP contribution in [0.3, 0.4) is 0 Å². The Kier molecular flexibility index (Phi) is 7.11. The van der Waals surface area contributed by atoms with Gasteiger partial charge in [0.25, 0.3) is 11.1 Å². The van der Waals surface area contributed by atoms with Gasteiger partial charge in [-0.2, -0.15) is 13.2 Å². The van der Waals surface area contributed by atoms with Crippen LogP contribution < -0.4 is 15.5 Å². The molecule has 0 atom stereocenters. The van der Waals surface area contributed by atoms with Gasteiger partial charge in [-0.15, -0.1) is 0 Å². The van der Waals surface area contributed by atoms with E-state index in [1.165, 1.54) is 6.07 Å². The molecular formula is C25H25F3N6O2S. The predicted octanol–water partition coefficient (Wildman–Crippen LogP) is 4.62. The first kappa shape index (κ1) is 25.2. The van der Waals surface area contributed by atoms with Crippen molar-refractivity contribution in [2.45, 2.75) is 25.6 Å². The number of imide groups is 1. The predicted molar refractivity (Wildman–Crippen MR) is 137 cm³/mol. The number of benzene rings is 1. The lowest BCUT2D eigenvalue weighted by Crippen LogP contribution is -2.38. The van der Waals surface area contributed by atoms with Crippen LogP contribution in [0.5, 0.6) is 0 Å². The summed E-state index contributed by atoms with van der Waals surface area (Å²) in [7, 11) is 0. The van der Waals surface area contributed by atoms with E-state index in [4.69, 9.17) is 0 Å². The smallest absolute Gasteiger partial charge is 0.341 e. The van der Waals surface area contributed by atoms with Crippen LogP contribution in [0.2, 0.25) is 0 Å². The van der Waals surface area contributed by atoms with E-state index in [2.05, 4.69) is 30.5 Å². The van der Waals surface area contributed by atoms with Crippen LogP contribution >= 0.6 is 11.8 Å². The maximum atomic E-state index is 13.3. The maximum Gasteiger partial charge on any atom is 0.418 e. The van der Waals surface area contributed by atoms with Crippen LogP contribution in [0.1, 0.15) is 31.2 Å². The van der Waals surface area contributed by atoms with Crippen LogP contribution in [0, 0.1) is 5.92 Å². The third kappa shape index (κ3) is 5.91. The van der Waals surface area contributed by atoms with E-state index in [0.29, 0.717) is 40.1 Å². The number of pyridine rings is 1. The van der Waals surface area contributed by atoms with Crippen LogP contribution in [0.15, 0.2) is 47.5 Å². The molecule has 5 rings (SSSR count). The molecule has 0 radical (unpaired) electrons. The highest BCUT2D eigenvalue weighted by molar-refractivity contribution is 8.18. The summed E-state index contributed by atoms with van der Waals surface area (Å²) in [6.45, 7) is 2.62. The number of anilines is 1. The Morgan fingerprint density at radius 3 is 2.68 bits per heavy atom. The number of rotatable bonds is 6. The van der Waals surface area contributed by atoms with Gasteiger partial charge in [0, 0.05) is 32.6 Å². The minimum atomic E-state index is -4.45. The second kappa shape index (κ2) is 10.5. The van der Waals surface area contributed by atoms with Crippen molar-refractivity contribution in [3.8, 4) is 0 Å². The van der Waals surface area contributed by atoms with Crippen LogP contribution in [-0.2, 0) is 17.5 Å². The molecule has 2 fully saturated rings. The van der Waals surface area contributed by atoms with Crippen LogP contribution in [-0.4, -0.2) is 45.7 Å². The molecular weight excluding hydrogens is 505 g/mol. The number of hydrogen-bond acceptors (Lipinski definition) is 8. The molecule has 1 aromatic carbocycles. The molecule has 2 N–H and O–H groups in total. The Labute approximate surface area is 216 Å². The molecule has 37 heavy (non-hydrogen) atoms. The van der Waals surface area contributed by atoms with Gasteiger partial charge < -0.3 is 10.2 Å². The number of fused-ring (bicyclic) bond motifs is 1. The minimum absolute atomic E-state index is 0. The zero-order valence-electron chi connectivity index (χ0n) is 19.6. The molecule has 2 amide bonds. The topological polar surface area (TPSA) is 100 Å². The highest BCUT2D eigenvalue weighted by Crippen LogP contribution is 2.34. The number of carbonyl (C=O) groups excluding carboxylic acids is 2. The number of piperidine rings is 1. The Morgan fingerprint density at radius 2 is 1.95 bits per heavy atom. The van der Waals surface area contributed by atoms with Crippen molar-refractivity contribution >= 4 is 45.8 Å². The molecule has 8 nitrogen and oxygen atoms in total. The lowest BCUT2D eigenvalue weighted by molar-refractivity contribution is -0.136. The third-order valence-corrected chi connectivity index (χ3v) is 7.12.